The zero-order chi connectivity index (χ0) is 11.4. The average Bonchev–Trinajstić information content (AvgIpc) is 2.27. The van der Waals surface area contributed by atoms with E-state index in [1.165, 1.54) is 23.2 Å². The van der Waals surface area contributed by atoms with Crippen molar-refractivity contribution in [3.63, 3.8) is 0 Å². The van der Waals surface area contributed by atoms with Crippen LogP contribution in [0.2, 0.25) is 0 Å². The van der Waals surface area contributed by atoms with Crippen LogP contribution in [0.15, 0.2) is 18.3 Å². The predicted octanol–water partition coefficient (Wildman–Crippen LogP) is 0.872. The van der Waals surface area contributed by atoms with Gasteiger partial charge in [0.2, 0.25) is 0 Å². The Balaban J connectivity index is 2.89. The van der Waals surface area contributed by atoms with Crippen LogP contribution in [0.1, 0.15) is 27.8 Å². The van der Waals surface area contributed by atoms with Gasteiger partial charge in [-0.2, -0.15) is 0 Å². The monoisotopic (exact) mass is 208 g/mol. The fourth-order valence-corrected chi connectivity index (χ4v) is 0.986. The maximum absolute atomic E-state index is 11.6. The number of hydrogen-bond donors (Lipinski definition) is 1. The Morgan fingerprint density at radius 2 is 2.13 bits per heavy atom. The summed E-state index contributed by atoms with van der Waals surface area (Å²) in [6, 6.07) is 2.78. The average molecular weight is 208 g/mol. The first-order valence-electron chi connectivity index (χ1n) is 4.51. The van der Waals surface area contributed by atoms with Crippen LogP contribution in [0, 0.1) is 0 Å². The van der Waals surface area contributed by atoms with Gasteiger partial charge in [0, 0.05) is 19.8 Å². The SMILES string of the molecule is CCN(C)C(=O)c1ccc(C(=O)O)cn1. The summed E-state index contributed by atoms with van der Waals surface area (Å²) in [7, 11) is 1.66. The molecule has 0 radical (unpaired) electrons. The first-order chi connectivity index (χ1) is 7.06. The molecule has 0 saturated carbocycles. The van der Waals surface area contributed by atoms with E-state index >= 15 is 0 Å². The van der Waals surface area contributed by atoms with Crippen molar-refractivity contribution < 1.29 is 14.7 Å². The smallest absolute Gasteiger partial charge is 0.337 e. The van der Waals surface area contributed by atoms with Crippen molar-refractivity contribution in [2.24, 2.45) is 0 Å². The Morgan fingerprint density at radius 1 is 1.47 bits per heavy atom. The minimum Gasteiger partial charge on any atom is -0.478 e. The van der Waals surface area contributed by atoms with Gasteiger partial charge in [0.15, 0.2) is 0 Å². The molecule has 1 aromatic rings. The second-order valence-electron chi connectivity index (χ2n) is 3.06. The van der Waals surface area contributed by atoms with E-state index in [9.17, 15) is 9.59 Å². The lowest BCUT2D eigenvalue weighted by molar-refractivity contribution is 0.0694. The summed E-state index contributed by atoms with van der Waals surface area (Å²) < 4.78 is 0. The highest BCUT2D eigenvalue weighted by Crippen LogP contribution is 2.03. The zero-order valence-electron chi connectivity index (χ0n) is 8.60. The Hall–Kier alpha value is -1.91. The van der Waals surface area contributed by atoms with E-state index in [-0.39, 0.29) is 17.2 Å². The highest BCUT2D eigenvalue weighted by Gasteiger charge is 2.12. The molecule has 0 atom stereocenters. The molecule has 1 N–H and O–H groups in total. The molecule has 80 valence electrons. The first-order valence-corrected chi connectivity index (χ1v) is 4.51. The number of nitrogens with zero attached hydrogens (tertiary/aromatic N) is 2. The lowest BCUT2D eigenvalue weighted by atomic mass is 10.2. The number of rotatable bonds is 3. The molecule has 0 fully saturated rings. The van der Waals surface area contributed by atoms with E-state index in [0.717, 1.165) is 0 Å². The third-order valence-electron chi connectivity index (χ3n) is 2.05. The summed E-state index contributed by atoms with van der Waals surface area (Å²) in [6.45, 7) is 2.44. The third-order valence-corrected chi connectivity index (χ3v) is 2.05. The molecule has 5 heteroatoms. The van der Waals surface area contributed by atoms with Crippen molar-refractivity contribution in [1.29, 1.82) is 0 Å². The molecule has 1 amide bonds. The molecule has 5 nitrogen and oxygen atoms in total. The van der Waals surface area contributed by atoms with Crippen molar-refractivity contribution in [3.05, 3.63) is 29.6 Å². The van der Waals surface area contributed by atoms with Crippen LogP contribution in [0.4, 0.5) is 0 Å². The maximum atomic E-state index is 11.6. The molecule has 1 heterocycles. The number of amides is 1. The number of carbonyl (C=O) groups is 2. The molecule has 0 aliphatic heterocycles. The van der Waals surface area contributed by atoms with Gasteiger partial charge in [-0.15, -0.1) is 0 Å². The molecule has 0 aromatic carbocycles. The van der Waals surface area contributed by atoms with E-state index in [4.69, 9.17) is 5.11 Å². The Kier molecular flexibility index (Phi) is 3.38. The molecule has 15 heavy (non-hydrogen) atoms. The molecule has 1 rings (SSSR count). The number of aromatic nitrogens is 1. The third kappa shape index (κ3) is 2.52. The number of hydrogen-bond acceptors (Lipinski definition) is 3. The zero-order valence-corrected chi connectivity index (χ0v) is 8.60. The van der Waals surface area contributed by atoms with Crippen molar-refractivity contribution >= 4 is 11.9 Å². The Labute approximate surface area is 87.4 Å². The normalized spacial score (nSPS) is 9.73. The van der Waals surface area contributed by atoms with Gasteiger partial charge >= 0.3 is 5.97 Å². The van der Waals surface area contributed by atoms with E-state index in [0.29, 0.717) is 6.54 Å². The van der Waals surface area contributed by atoms with Crippen LogP contribution >= 0.6 is 0 Å². The highest BCUT2D eigenvalue weighted by atomic mass is 16.4. The molecule has 0 spiro atoms. The van der Waals surface area contributed by atoms with Gasteiger partial charge < -0.3 is 10.0 Å². The summed E-state index contributed by atoms with van der Waals surface area (Å²) in [5.74, 6) is -1.26. The topological polar surface area (TPSA) is 70.5 Å². The molecule has 0 saturated heterocycles. The number of carbonyl (C=O) groups excluding carboxylic acids is 1. The van der Waals surface area contributed by atoms with Gasteiger partial charge in [-0.1, -0.05) is 0 Å². The molecule has 0 aliphatic rings. The number of pyridine rings is 1. The lowest BCUT2D eigenvalue weighted by Crippen LogP contribution is -2.27. The van der Waals surface area contributed by atoms with Crippen molar-refractivity contribution in [2.75, 3.05) is 13.6 Å². The number of aromatic carboxylic acids is 1. The van der Waals surface area contributed by atoms with E-state index in [1.807, 2.05) is 6.92 Å². The Morgan fingerprint density at radius 3 is 2.53 bits per heavy atom. The molecular weight excluding hydrogens is 196 g/mol. The van der Waals surface area contributed by atoms with Crippen LogP contribution in [0.5, 0.6) is 0 Å². The second kappa shape index (κ2) is 4.54. The quantitative estimate of drug-likeness (QED) is 0.800. The van der Waals surface area contributed by atoms with Gasteiger partial charge in [0.25, 0.3) is 5.91 Å². The van der Waals surface area contributed by atoms with Gasteiger partial charge in [-0.25, -0.2) is 4.79 Å². The number of carboxylic acids is 1. The fraction of sp³-hybridized carbons (Fsp3) is 0.300. The summed E-state index contributed by atoms with van der Waals surface area (Å²) in [5, 5.41) is 8.63. The van der Waals surface area contributed by atoms with Gasteiger partial charge in [0.1, 0.15) is 5.69 Å². The van der Waals surface area contributed by atoms with Crippen LogP contribution in [-0.2, 0) is 0 Å². The van der Waals surface area contributed by atoms with Gasteiger partial charge in [-0.05, 0) is 19.1 Å². The fourth-order valence-electron chi connectivity index (χ4n) is 0.986. The van der Waals surface area contributed by atoms with E-state index in [2.05, 4.69) is 4.98 Å². The van der Waals surface area contributed by atoms with Crippen LogP contribution in [-0.4, -0.2) is 40.5 Å². The van der Waals surface area contributed by atoms with Crippen LogP contribution < -0.4 is 0 Å². The minimum absolute atomic E-state index is 0.0747. The van der Waals surface area contributed by atoms with E-state index < -0.39 is 5.97 Å². The molecule has 0 bridgehead atoms. The summed E-state index contributed by atoms with van der Waals surface area (Å²) >= 11 is 0. The van der Waals surface area contributed by atoms with Gasteiger partial charge in [-0.3, -0.25) is 9.78 Å². The second-order valence-corrected chi connectivity index (χ2v) is 3.06. The largest absolute Gasteiger partial charge is 0.478 e. The lowest BCUT2D eigenvalue weighted by Gasteiger charge is -2.13. The number of carboxylic acid groups (broad SMARTS) is 1. The highest BCUT2D eigenvalue weighted by molar-refractivity contribution is 5.93. The summed E-state index contributed by atoms with van der Waals surface area (Å²) in [5.41, 5.74) is 0.329. The summed E-state index contributed by atoms with van der Waals surface area (Å²) in [4.78, 5) is 27.4. The van der Waals surface area contributed by atoms with E-state index in [1.54, 1.807) is 7.05 Å². The van der Waals surface area contributed by atoms with Crippen LogP contribution in [0.25, 0.3) is 0 Å². The first kappa shape index (κ1) is 11.2. The molecule has 0 unspecified atom stereocenters. The van der Waals surface area contributed by atoms with Gasteiger partial charge in [0.05, 0.1) is 5.56 Å². The Bertz CT molecular complexity index is 373. The maximum Gasteiger partial charge on any atom is 0.337 e. The molecular formula is C10H12N2O3. The van der Waals surface area contributed by atoms with Crippen LogP contribution in [0.3, 0.4) is 0 Å². The van der Waals surface area contributed by atoms with Crippen molar-refractivity contribution in [2.45, 2.75) is 6.92 Å². The standard InChI is InChI=1S/C10H12N2O3/c1-3-12(2)9(13)8-5-4-7(6-11-8)10(14)15/h4-6H,3H2,1-2H3,(H,14,15). The minimum atomic E-state index is -1.05. The van der Waals surface area contributed by atoms with Crippen molar-refractivity contribution in [3.8, 4) is 0 Å². The predicted molar refractivity (Wildman–Crippen MR) is 53.8 cm³/mol. The molecule has 1 aromatic heterocycles. The molecule has 0 aliphatic carbocycles. The van der Waals surface area contributed by atoms with Crippen molar-refractivity contribution in [1.82, 2.24) is 9.88 Å². The summed E-state index contributed by atoms with van der Waals surface area (Å²) in [6.07, 6.45) is 1.18.